The Bertz CT molecular complexity index is 529. The number of aliphatic hydroxyl groups excluding tert-OH is 1. The van der Waals surface area contributed by atoms with Gasteiger partial charge in [0.25, 0.3) is 0 Å². The molecule has 1 aromatic rings. The third kappa shape index (κ3) is 2.22. The van der Waals surface area contributed by atoms with Crippen molar-refractivity contribution in [3.63, 3.8) is 0 Å². The minimum absolute atomic E-state index is 0.0809. The fourth-order valence-corrected chi connectivity index (χ4v) is 2.26. The van der Waals surface area contributed by atoms with Gasteiger partial charge in [0.2, 0.25) is 4.77 Å². The molecule has 0 aliphatic carbocycles. The zero-order chi connectivity index (χ0) is 14.2. The summed E-state index contributed by atoms with van der Waals surface area (Å²) in [5, 5.41) is 19.0. The van der Waals surface area contributed by atoms with Gasteiger partial charge < -0.3 is 20.7 Å². The number of hydrogen-bond acceptors (Lipinski definition) is 6. The summed E-state index contributed by atoms with van der Waals surface area (Å²) in [5.74, 6) is 0.138. The number of rotatable bonds is 3. The number of aromatic nitrogens is 2. The van der Waals surface area contributed by atoms with E-state index in [0.29, 0.717) is 0 Å². The summed E-state index contributed by atoms with van der Waals surface area (Å²) < 4.78 is 33.1. The van der Waals surface area contributed by atoms with Crippen LogP contribution in [0.4, 0.5) is 14.6 Å². The quantitative estimate of drug-likeness (QED) is 0.686. The van der Waals surface area contributed by atoms with E-state index in [4.69, 9.17) is 27.8 Å². The number of ether oxygens (including phenoxy) is 1. The molecule has 1 unspecified atom stereocenters. The standard InChI is InChI=1S/C10H13F2N3O3S/c11-4-10(17)7(12)5(3-16)18-8(10)15-2-1-6(13)14-9(15)19/h1-2,5,7-8,16-17H,3-4H2,(H2,13,14,19)/t5-,7?,8-,10-/m1/s1. The van der Waals surface area contributed by atoms with E-state index >= 15 is 0 Å². The van der Waals surface area contributed by atoms with Crippen molar-refractivity contribution in [2.75, 3.05) is 19.0 Å². The van der Waals surface area contributed by atoms with E-state index in [0.717, 1.165) is 4.57 Å². The zero-order valence-corrected chi connectivity index (χ0v) is 10.6. The van der Waals surface area contributed by atoms with Gasteiger partial charge in [-0.25, -0.2) is 13.8 Å². The predicted octanol–water partition coefficient (Wildman–Crippen LogP) is 0.123. The van der Waals surface area contributed by atoms with E-state index < -0.39 is 37.4 Å². The van der Waals surface area contributed by atoms with Crippen LogP contribution in [0.1, 0.15) is 6.23 Å². The average molecular weight is 293 g/mol. The van der Waals surface area contributed by atoms with Crippen LogP contribution in [-0.2, 0) is 4.74 Å². The van der Waals surface area contributed by atoms with E-state index in [1.54, 1.807) is 0 Å². The number of nitrogens with two attached hydrogens (primary N) is 1. The van der Waals surface area contributed by atoms with Gasteiger partial charge in [-0.1, -0.05) is 0 Å². The second kappa shape index (κ2) is 5.08. The molecule has 1 aliphatic rings. The van der Waals surface area contributed by atoms with Gasteiger partial charge >= 0.3 is 0 Å². The van der Waals surface area contributed by atoms with E-state index in [1.807, 2.05) is 0 Å². The van der Waals surface area contributed by atoms with Crippen LogP contribution in [0, 0.1) is 4.77 Å². The van der Waals surface area contributed by atoms with Crippen molar-refractivity contribution in [2.45, 2.75) is 24.1 Å². The summed E-state index contributed by atoms with van der Waals surface area (Å²) >= 11 is 4.91. The van der Waals surface area contributed by atoms with Crippen molar-refractivity contribution in [1.29, 1.82) is 0 Å². The monoisotopic (exact) mass is 293 g/mol. The Morgan fingerprint density at radius 1 is 1.63 bits per heavy atom. The summed E-state index contributed by atoms with van der Waals surface area (Å²) in [5.41, 5.74) is 3.00. The fourth-order valence-electron chi connectivity index (χ4n) is 2.00. The zero-order valence-electron chi connectivity index (χ0n) is 9.74. The molecule has 0 radical (unpaired) electrons. The molecule has 1 aliphatic heterocycles. The SMILES string of the molecule is Nc1ccn([C@@H]2O[C@H](CO)C(F)[C@]2(O)CF)c(=S)n1. The Labute approximate surface area is 112 Å². The van der Waals surface area contributed by atoms with Gasteiger partial charge in [0.15, 0.2) is 18.0 Å². The Morgan fingerprint density at radius 3 is 2.84 bits per heavy atom. The molecule has 0 spiro atoms. The van der Waals surface area contributed by atoms with Crippen molar-refractivity contribution in [3.05, 3.63) is 17.0 Å². The van der Waals surface area contributed by atoms with Crippen LogP contribution in [0.2, 0.25) is 0 Å². The van der Waals surface area contributed by atoms with Crippen LogP contribution in [0.3, 0.4) is 0 Å². The van der Waals surface area contributed by atoms with Crippen LogP contribution in [0.5, 0.6) is 0 Å². The lowest BCUT2D eigenvalue weighted by molar-refractivity contribution is -0.112. The van der Waals surface area contributed by atoms with Gasteiger partial charge in [-0.05, 0) is 18.3 Å². The van der Waals surface area contributed by atoms with Crippen molar-refractivity contribution >= 4 is 18.0 Å². The third-order valence-corrected chi connectivity index (χ3v) is 3.34. The molecule has 0 amide bonds. The van der Waals surface area contributed by atoms with Gasteiger partial charge in [0.1, 0.15) is 18.6 Å². The first-order valence-corrected chi connectivity index (χ1v) is 5.88. The third-order valence-electron chi connectivity index (χ3n) is 3.03. The molecule has 2 heterocycles. The van der Waals surface area contributed by atoms with Crippen LogP contribution in [0.25, 0.3) is 0 Å². The largest absolute Gasteiger partial charge is 0.394 e. The molecule has 6 nitrogen and oxygen atoms in total. The summed E-state index contributed by atoms with van der Waals surface area (Å²) in [6, 6.07) is 1.36. The first kappa shape index (κ1) is 14.3. The minimum atomic E-state index is -2.43. The molecule has 106 valence electrons. The number of alkyl halides is 2. The van der Waals surface area contributed by atoms with Gasteiger partial charge in [0, 0.05) is 6.20 Å². The topological polar surface area (TPSA) is 93.5 Å². The Hall–Kier alpha value is -1.16. The van der Waals surface area contributed by atoms with Crippen molar-refractivity contribution in [2.24, 2.45) is 0 Å². The normalized spacial score (nSPS) is 34.6. The molecule has 0 aromatic carbocycles. The van der Waals surface area contributed by atoms with Crippen molar-refractivity contribution in [3.8, 4) is 0 Å². The Morgan fingerprint density at radius 2 is 2.32 bits per heavy atom. The number of aliphatic hydroxyl groups is 2. The highest BCUT2D eigenvalue weighted by molar-refractivity contribution is 7.71. The van der Waals surface area contributed by atoms with Crippen LogP contribution < -0.4 is 5.73 Å². The number of nitrogen functional groups attached to an aromatic ring is 1. The molecule has 0 saturated carbocycles. The second-order valence-electron chi connectivity index (χ2n) is 4.28. The van der Waals surface area contributed by atoms with E-state index in [1.165, 1.54) is 12.3 Å². The molecule has 1 aromatic heterocycles. The molecule has 9 heteroatoms. The molecule has 2 rings (SSSR count). The number of hydrogen-bond donors (Lipinski definition) is 3. The van der Waals surface area contributed by atoms with E-state index in [9.17, 15) is 13.9 Å². The van der Waals surface area contributed by atoms with Crippen LogP contribution >= 0.6 is 12.2 Å². The van der Waals surface area contributed by atoms with Crippen LogP contribution in [0.15, 0.2) is 12.3 Å². The molecule has 1 fully saturated rings. The summed E-state index contributed by atoms with van der Waals surface area (Å²) in [6.07, 6.45) is -3.50. The maximum Gasteiger partial charge on any atom is 0.203 e. The lowest BCUT2D eigenvalue weighted by Crippen LogP contribution is -2.46. The highest BCUT2D eigenvalue weighted by Gasteiger charge is 2.57. The predicted molar refractivity (Wildman–Crippen MR) is 64.3 cm³/mol. The smallest absolute Gasteiger partial charge is 0.203 e. The maximum atomic E-state index is 13.9. The average Bonchev–Trinajstić information content (AvgIpc) is 2.63. The maximum absolute atomic E-state index is 13.9. The molecule has 19 heavy (non-hydrogen) atoms. The Kier molecular flexibility index (Phi) is 3.81. The molecule has 4 N–H and O–H groups in total. The van der Waals surface area contributed by atoms with E-state index in [-0.39, 0.29) is 10.6 Å². The van der Waals surface area contributed by atoms with Gasteiger partial charge in [0.05, 0.1) is 6.61 Å². The van der Waals surface area contributed by atoms with Gasteiger partial charge in [-0.2, -0.15) is 0 Å². The summed E-state index contributed by atoms with van der Waals surface area (Å²) in [6.45, 7) is -2.07. The van der Waals surface area contributed by atoms with Crippen molar-refractivity contribution in [1.82, 2.24) is 9.55 Å². The van der Waals surface area contributed by atoms with Crippen molar-refractivity contribution < 1.29 is 23.7 Å². The number of halogens is 2. The molecular formula is C10H13F2N3O3S. The first-order valence-electron chi connectivity index (χ1n) is 5.47. The summed E-state index contributed by atoms with van der Waals surface area (Å²) in [4.78, 5) is 3.75. The number of anilines is 1. The Balaban J connectivity index is 2.45. The minimum Gasteiger partial charge on any atom is -0.394 e. The molecular weight excluding hydrogens is 280 g/mol. The highest BCUT2D eigenvalue weighted by Crippen LogP contribution is 2.40. The van der Waals surface area contributed by atoms with Crippen LogP contribution in [-0.4, -0.2) is 50.9 Å². The molecule has 0 bridgehead atoms. The van der Waals surface area contributed by atoms with E-state index in [2.05, 4.69) is 4.98 Å². The first-order chi connectivity index (χ1) is 8.93. The lowest BCUT2D eigenvalue weighted by Gasteiger charge is -2.28. The van der Waals surface area contributed by atoms with Gasteiger partial charge in [-0.3, -0.25) is 4.57 Å². The fraction of sp³-hybridized carbons (Fsp3) is 0.600. The number of nitrogens with zero attached hydrogens (tertiary/aromatic N) is 2. The molecule has 4 atom stereocenters. The molecule has 1 saturated heterocycles. The lowest BCUT2D eigenvalue weighted by atomic mass is 9.97. The second-order valence-corrected chi connectivity index (χ2v) is 4.64. The van der Waals surface area contributed by atoms with Gasteiger partial charge in [-0.15, -0.1) is 0 Å². The highest BCUT2D eigenvalue weighted by atomic mass is 32.1. The summed E-state index contributed by atoms with van der Waals surface area (Å²) in [7, 11) is 0.